The summed E-state index contributed by atoms with van der Waals surface area (Å²) in [6.45, 7) is 2.67. The van der Waals surface area contributed by atoms with Crippen LogP contribution in [-0.4, -0.2) is 21.8 Å². The van der Waals surface area contributed by atoms with Crippen LogP contribution in [0.3, 0.4) is 0 Å². The van der Waals surface area contributed by atoms with Crippen LogP contribution < -0.4 is 9.64 Å². The summed E-state index contributed by atoms with van der Waals surface area (Å²) < 4.78 is 14.4. The van der Waals surface area contributed by atoms with Crippen LogP contribution in [0.15, 0.2) is 30.3 Å². The molecule has 0 spiro atoms. The molecule has 94 valence electrons. The average Bonchev–Trinajstić information content (AvgIpc) is 3.08. The molecule has 3 rings (SSSR count). The van der Waals surface area contributed by atoms with Crippen molar-refractivity contribution in [3.8, 4) is 5.88 Å². The van der Waals surface area contributed by atoms with Crippen molar-refractivity contribution in [1.29, 1.82) is 0 Å². The average molecular weight is 261 g/mol. The van der Waals surface area contributed by atoms with Gasteiger partial charge in [-0.2, -0.15) is 4.37 Å². The van der Waals surface area contributed by atoms with E-state index in [4.69, 9.17) is 4.74 Å². The Labute approximate surface area is 111 Å². The first-order valence-electron chi connectivity index (χ1n) is 6.18. The van der Waals surface area contributed by atoms with Crippen LogP contribution in [0.25, 0.3) is 0 Å². The summed E-state index contributed by atoms with van der Waals surface area (Å²) in [7, 11) is 0. The Hall–Kier alpha value is -1.62. The molecule has 1 aromatic carbocycles. The third-order valence-electron chi connectivity index (χ3n) is 3.07. The summed E-state index contributed by atoms with van der Waals surface area (Å²) in [5.41, 5.74) is 1.15. The zero-order chi connectivity index (χ0) is 12.2. The third kappa shape index (κ3) is 2.46. The lowest BCUT2D eigenvalue weighted by atomic mass is 10.2. The molecule has 0 bridgehead atoms. The van der Waals surface area contributed by atoms with Gasteiger partial charge in [0.05, 0.1) is 11.7 Å². The normalized spacial score (nSPS) is 15.0. The fraction of sp³-hybridized carbons (Fsp3) is 0.385. The minimum absolute atomic E-state index is 0.549. The van der Waals surface area contributed by atoms with Crippen LogP contribution in [0.1, 0.15) is 18.4 Å². The maximum absolute atomic E-state index is 5.77. The fourth-order valence-electron chi connectivity index (χ4n) is 2.11. The number of benzene rings is 1. The molecule has 5 heteroatoms. The molecule has 2 aromatic rings. The Morgan fingerprint density at radius 2 is 1.89 bits per heavy atom. The van der Waals surface area contributed by atoms with Crippen LogP contribution in [0.4, 0.5) is 5.82 Å². The molecule has 1 aliphatic heterocycles. The molecule has 0 amide bonds. The first kappa shape index (κ1) is 11.5. The van der Waals surface area contributed by atoms with Crippen molar-refractivity contribution in [2.45, 2.75) is 19.4 Å². The van der Waals surface area contributed by atoms with Gasteiger partial charge in [-0.3, -0.25) is 0 Å². The Morgan fingerprint density at radius 1 is 1.11 bits per heavy atom. The predicted octanol–water partition coefficient (Wildman–Crippen LogP) is 2.72. The van der Waals surface area contributed by atoms with Gasteiger partial charge in [0.15, 0.2) is 0 Å². The quantitative estimate of drug-likeness (QED) is 0.848. The van der Waals surface area contributed by atoms with Crippen molar-refractivity contribution in [1.82, 2.24) is 8.75 Å². The van der Waals surface area contributed by atoms with E-state index in [1.54, 1.807) is 0 Å². The molecular formula is C13H15N3OS. The van der Waals surface area contributed by atoms with E-state index in [-0.39, 0.29) is 0 Å². The second kappa shape index (κ2) is 5.35. The van der Waals surface area contributed by atoms with E-state index < -0.39 is 0 Å². The Kier molecular flexibility index (Phi) is 3.41. The molecule has 18 heavy (non-hydrogen) atoms. The standard InChI is InChI=1S/C13H15N3OS/c1-2-6-11(7-3-1)10-17-13-12(14-18-15-13)16-8-4-5-9-16/h1-3,6-7H,4-5,8-10H2. The van der Waals surface area contributed by atoms with Gasteiger partial charge >= 0.3 is 0 Å². The molecule has 2 heterocycles. The van der Waals surface area contributed by atoms with Crippen LogP contribution >= 0.6 is 11.7 Å². The maximum Gasteiger partial charge on any atom is 0.271 e. The molecule has 1 saturated heterocycles. The highest BCUT2D eigenvalue weighted by atomic mass is 32.1. The van der Waals surface area contributed by atoms with E-state index in [2.05, 4.69) is 25.8 Å². The number of rotatable bonds is 4. The molecular weight excluding hydrogens is 246 g/mol. The van der Waals surface area contributed by atoms with Crippen molar-refractivity contribution in [3.05, 3.63) is 35.9 Å². The first-order valence-corrected chi connectivity index (χ1v) is 6.91. The van der Waals surface area contributed by atoms with Gasteiger partial charge in [-0.05, 0) is 18.4 Å². The maximum atomic E-state index is 5.77. The predicted molar refractivity (Wildman–Crippen MR) is 72.1 cm³/mol. The zero-order valence-electron chi connectivity index (χ0n) is 10.1. The number of hydrogen-bond donors (Lipinski definition) is 0. The van der Waals surface area contributed by atoms with E-state index in [1.165, 1.54) is 24.6 Å². The molecule has 4 nitrogen and oxygen atoms in total. The fourth-order valence-corrected chi connectivity index (χ4v) is 2.64. The van der Waals surface area contributed by atoms with Gasteiger partial charge in [0.2, 0.25) is 5.82 Å². The number of ether oxygens (including phenoxy) is 1. The highest BCUT2D eigenvalue weighted by Crippen LogP contribution is 2.28. The zero-order valence-corrected chi connectivity index (χ0v) is 10.9. The summed E-state index contributed by atoms with van der Waals surface area (Å²) in [5.74, 6) is 1.58. The second-order valence-corrected chi connectivity index (χ2v) is 4.89. The lowest BCUT2D eigenvalue weighted by Gasteiger charge is -2.15. The topological polar surface area (TPSA) is 38.3 Å². The highest BCUT2D eigenvalue weighted by molar-refractivity contribution is 6.99. The summed E-state index contributed by atoms with van der Waals surface area (Å²) in [5, 5.41) is 0. The Morgan fingerprint density at radius 3 is 2.67 bits per heavy atom. The van der Waals surface area contributed by atoms with Gasteiger partial charge in [-0.25, -0.2) is 0 Å². The first-order chi connectivity index (χ1) is 8.93. The van der Waals surface area contributed by atoms with Gasteiger partial charge in [0.1, 0.15) is 6.61 Å². The van der Waals surface area contributed by atoms with Gasteiger partial charge in [-0.1, -0.05) is 30.3 Å². The second-order valence-electron chi connectivity index (χ2n) is 4.36. The number of aromatic nitrogens is 2. The molecule has 0 saturated carbocycles. The van der Waals surface area contributed by atoms with E-state index in [0.717, 1.165) is 24.5 Å². The van der Waals surface area contributed by atoms with Crippen molar-refractivity contribution in [2.75, 3.05) is 18.0 Å². The molecule has 1 aromatic heterocycles. The van der Waals surface area contributed by atoms with Gasteiger partial charge < -0.3 is 9.64 Å². The van der Waals surface area contributed by atoms with Crippen molar-refractivity contribution in [3.63, 3.8) is 0 Å². The van der Waals surface area contributed by atoms with E-state index in [9.17, 15) is 0 Å². The largest absolute Gasteiger partial charge is 0.470 e. The van der Waals surface area contributed by atoms with Crippen LogP contribution in [0.5, 0.6) is 5.88 Å². The SMILES string of the molecule is c1ccc(COc2nsnc2N2CCCC2)cc1. The van der Waals surface area contributed by atoms with Gasteiger partial charge in [0, 0.05) is 13.1 Å². The van der Waals surface area contributed by atoms with Crippen molar-refractivity contribution >= 4 is 17.5 Å². The molecule has 0 N–H and O–H groups in total. The number of nitrogens with zero attached hydrogens (tertiary/aromatic N) is 3. The molecule has 1 aliphatic rings. The minimum Gasteiger partial charge on any atom is -0.470 e. The van der Waals surface area contributed by atoms with Gasteiger partial charge in [-0.15, -0.1) is 4.37 Å². The minimum atomic E-state index is 0.549. The van der Waals surface area contributed by atoms with Crippen molar-refractivity contribution < 1.29 is 4.74 Å². The van der Waals surface area contributed by atoms with Crippen molar-refractivity contribution in [2.24, 2.45) is 0 Å². The lowest BCUT2D eigenvalue weighted by Crippen LogP contribution is -2.18. The molecule has 1 fully saturated rings. The number of anilines is 1. The number of hydrogen-bond acceptors (Lipinski definition) is 5. The summed E-state index contributed by atoms with van der Waals surface area (Å²) in [6, 6.07) is 10.1. The molecule has 0 atom stereocenters. The molecule has 0 aliphatic carbocycles. The van der Waals surface area contributed by atoms with Crippen LogP contribution in [0.2, 0.25) is 0 Å². The van der Waals surface area contributed by atoms with Crippen LogP contribution in [-0.2, 0) is 6.61 Å². The molecule has 0 radical (unpaired) electrons. The highest BCUT2D eigenvalue weighted by Gasteiger charge is 2.20. The summed E-state index contributed by atoms with van der Waals surface area (Å²) in [4.78, 5) is 2.25. The van der Waals surface area contributed by atoms with Crippen LogP contribution in [0, 0.1) is 0 Å². The van der Waals surface area contributed by atoms with E-state index in [0.29, 0.717) is 12.5 Å². The van der Waals surface area contributed by atoms with Gasteiger partial charge in [0.25, 0.3) is 5.88 Å². The smallest absolute Gasteiger partial charge is 0.271 e. The summed E-state index contributed by atoms with van der Waals surface area (Å²) in [6.07, 6.45) is 2.46. The van der Waals surface area contributed by atoms with E-state index >= 15 is 0 Å². The Bertz CT molecular complexity index is 494. The lowest BCUT2D eigenvalue weighted by molar-refractivity contribution is 0.297. The summed E-state index contributed by atoms with van der Waals surface area (Å²) >= 11 is 1.22. The third-order valence-corrected chi connectivity index (χ3v) is 3.57. The van der Waals surface area contributed by atoms with E-state index in [1.807, 2.05) is 18.2 Å². The monoisotopic (exact) mass is 261 g/mol. The molecule has 0 unspecified atom stereocenters. The Balaban J connectivity index is 1.68.